The van der Waals surface area contributed by atoms with Crippen molar-refractivity contribution >= 4 is 11.9 Å². The Bertz CT molecular complexity index is 670. The molecule has 2 fully saturated rings. The van der Waals surface area contributed by atoms with Gasteiger partial charge in [-0.25, -0.2) is 4.79 Å². The summed E-state index contributed by atoms with van der Waals surface area (Å²) in [6.07, 6.45) is 7.88. The highest BCUT2D eigenvalue weighted by molar-refractivity contribution is 6.07. The maximum absolute atomic E-state index is 13.3. The molecule has 6 nitrogen and oxygen atoms in total. The van der Waals surface area contributed by atoms with E-state index in [2.05, 4.69) is 23.7 Å². The molecular formula is C22H34N4O2. The number of amides is 3. The first-order valence-electron chi connectivity index (χ1n) is 10.8. The second kappa shape index (κ2) is 9.03. The molecule has 3 rings (SSSR count). The lowest BCUT2D eigenvalue weighted by Gasteiger charge is -2.42. The number of hydrogen-bond acceptors (Lipinski definition) is 4. The Hall–Kier alpha value is -1.95. The number of carbonyl (C=O) groups is 2. The van der Waals surface area contributed by atoms with Crippen LogP contribution in [0.3, 0.4) is 0 Å². The minimum Gasteiger partial charge on any atom is -0.310 e. The van der Waals surface area contributed by atoms with Crippen molar-refractivity contribution in [2.24, 2.45) is 5.92 Å². The summed E-state index contributed by atoms with van der Waals surface area (Å²) >= 11 is 0. The highest BCUT2D eigenvalue weighted by Gasteiger charge is 2.57. The van der Waals surface area contributed by atoms with Gasteiger partial charge in [-0.3, -0.25) is 14.7 Å². The summed E-state index contributed by atoms with van der Waals surface area (Å²) in [4.78, 5) is 36.2. The third-order valence-electron chi connectivity index (χ3n) is 6.46. The number of piperidine rings is 1. The van der Waals surface area contributed by atoms with Gasteiger partial charge in [0.05, 0.1) is 0 Å². The summed E-state index contributed by atoms with van der Waals surface area (Å²) in [6, 6.07) is 3.85. The summed E-state index contributed by atoms with van der Waals surface area (Å²) in [7, 11) is 0. The molecule has 0 radical (unpaired) electrons. The average Bonchev–Trinajstić information content (AvgIpc) is 2.91. The Kier molecular flexibility index (Phi) is 6.70. The highest BCUT2D eigenvalue weighted by Crippen LogP contribution is 2.37. The van der Waals surface area contributed by atoms with Crippen LogP contribution in [0.4, 0.5) is 4.79 Å². The average molecular weight is 387 g/mol. The molecule has 1 atom stereocenters. The van der Waals surface area contributed by atoms with Gasteiger partial charge in [-0.2, -0.15) is 0 Å². The van der Waals surface area contributed by atoms with Crippen LogP contribution >= 0.6 is 0 Å². The molecule has 3 heterocycles. The van der Waals surface area contributed by atoms with Gasteiger partial charge >= 0.3 is 6.03 Å². The lowest BCUT2D eigenvalue weighted by atomic mass is 9.85. The van der Waals surface area contributed by atoms with Crippen LogP contribution in [0.1, 0.15) is 52.0 Å². The molecule has 1 aromatic heterocycles. The minimum absolute atomic E-state index is 0.0220. The van der Waals surface area contributed by atoms with Gasteiger partial charge in [-0.15, -0.1) is 0 Å². The molecule has 1 aromatic rings. The Morgan fingerprint density at radius 2 is 1.96 bits per heavy atom. The largest absolute Gasteiger partial charge is 0.327 e. The van der Waals surface area contributed by atoms with Gasteiger partial charge < -0.3 is 9.80 Å². The second-order valence-corrected chi connectivity index (χ2v) is 8.29. The molecule has 2 aliphatic heterocycles. The van der Waals surface area contributed by atoms with Crippen LogP contribution in [0.5, 0.6) is 0 Å². The molecule has 6 heteroatoms. The number of aryl methyl sites for hydroxylation is 1. The fourth-order valence-corrected chi connectivity index (χ4v) is 4.56. The van der Waals surface area contributed by atoms with Crippen molar-refractivity contribution in [2.75, 3.05) is 32.7 Å². The van der Waals surface area contributed by atoms with E-state index in [4.69, 9.17) is 0 Å². The van der Waals surface area contributed by atoms with Crippen molar-refractivity contribution in [3.63, 3.8) is 0 Å². The van der Waals surface area contributed by atoms with E-state index in [-0.39, 0.29) is 11.9 Å². The highest BCUT2D eigenvalue weighted by atomic mass is 16.2. The van der Waals surface area contributed by atoms with Gasteiger partial charge in [-0.1, -0.05) is 26.3 Å². The Morgan fingerprint density at radius 3 is 2.57 bits per heavy atom. The van der Waals surface area contributed by atoms with Crippen LogP contribution in [0, 0.1) is 5.92 Å². The predicted molar refractivity (Wildman–Crippen MR) is 110 cm³/mol. The summed E-state index contributed by atoms with van der Waals surface area (Å²) in [5, 5.41) is 0. The van der Waals surface area contributed by atoms with Crippen molar-refractivity contribution in [3.05, 3.63) is 30.1 Å². The Labute approximate surface area is 168 Å². The number of imide groups is 1. The van der Waals surface area contributed by atoms with Crippen molar-refractivity contribution in [3.8, 4) is 0 Å². The van der Waals surface area contributed by atoms with Crippen molar-refractivity contribution in [1.29, 1.82) is 0 Å². The SMILES string of the molecule is CCC(C)CN1CCC2(CC1)C(=O)N(CCCc1cccnc1)C(=O)N2CC. The summed E-state index contributed by atoms with van der Waals surface area (Å²) < 4.78 is 0. The fraction of sp³-hybridized carbons (Fsp3) is 0.682. The zero-order valence-electron chi connectivity index (χ0n) is 17.6. The number of rotatable bonds is 8. The molecule has 1 unspecified atom stereocenters. The standard InChI is InChI=1S/C22H34N4O2/c1-4-18(3)17-24-14-10-22(11-15-24)20(27)25(21(28)26(22)5-2)13-7-9-19-8-6-12-23-16-19/h6,8,12,16,18H,4-5,7,9-11,13-15,17H2,1-3H3. The Balaban J connectivity index is 1.62. The summed E-state index contributed by atoms with van der Waals surface area (Å²) in [5.74, 6) is 0.690. The van der Waals surface area contributed by atoms with E-state index in [9.17, 15) is 9.59 Å². The van der Waals surface area contributed by atoms with Crippen LogP contribution in [0.15, 0.2) is 24.5 Å². The molecular weight excluding hydrogens is 352 g/mol. The first-order chi connectivity index (χ1) is 13.5. The number of likely N-dealkylation sites (tertiary alicyclic amines) is 1. The lowest BCUT2D eigenvalue weighted by Crippen LogP contribution is -2.56. The maximum atomic E-state index is 13.3. The molecule has 0 bridgehead atoms. The van der Waals surface area contributed by atoms with Crippen molar-refractivity contribution in [1.82, 2.24) is 19.7 Å². The Morgan fingerprint density at radius 1 is 1.21 bits per heavy atom. The molecule has 1 spiro atoms. The molecule has 154 valence electrons. The molecule has 3 amide bonds. The van der Waals surface area contributed by atoms with Gasteiger partial charge in [0.25, 0.3) is 5.91 Å². The van der Waals surface area contributed by atoms with E-state index in [0.29, 0.717) is 19.0 Å². The quantitative estimate of drug-likeness (QED) is 0.644. The lowest BCUT2D eigenvalue weighted by molar-refractivity contribution is -0.135. The number of aromatic nitrogens is 1. The topological polar surface area (TPSA) is 56.8 Å². The predicted octanol–water partition coefficient (Wildman–Crippen LogP) is 3.18. The van der Waals surface area contributed by atoms with Gasteiger partial charge in [0.1, 0.15) is 5.54 Å². The van der Waals surface area contributed by atoms with E-state index in [1.165, 1.54) is 11.3 Å². The number of nitrogens with zero attached hydrogens (tertiary/aromatic N) is 4. The molecule has 0 aromatic carbocycles. The number of hydrogen-bond donors (Lipinski definition) is 0. The van der Waals surface area contributed by atoms with Crippen molar-refractivity contribution in [2.45, 2.75) is 58.4 Å². The summed E-state index contributed by atoms with van der Waals surface area (Å²) in [6.45, 7) is 10.4. The van der Waals surface area contributed by atoms with Crippen LogP contribution in [-0.4, -0.2) is 69.9 Å². The molecule has 0 saturated carbocycles. The minimum atomic E-state index is -0.619. The van der Waals surface area contributed by atoms with Crippen LogP contribution in [0.2, 0.25) is 0 Å². The zero-order chi connectivity index (χ0) is 20.1. The smallest absolute Gasteiger partial charge is 0.310 e. The van der Waals surface area contributed by atoms with E-state index in [1.54, 1.807) is 6.20 Å². The van der Waals surface area contributed by atoms with E-state index >= 15 is 0 Å². The van der Waals surface area contributed by atoms with Gasteiger partial charge in [0, 0.05) is 45.1 Å². The number of carbonyl (C=O) groups excluding carboxylic acids is 2. The maximum Gasteiger partial charge on any atom is 0.327 e. The third kappa shape index (κ3) is 4.07. The molecule has 2 saturated heterocycles. The first kappa shape index (κ1) is 20.8. The van der Waals surface area contributed by atoms with Gasteiger partial charge in [-0.05, 0) is 50.2 Å². The normalized spacial score (nSPS) is 21.0. The van der Waals surface area contributed by atoms with Crippen LogP contribution in [0.25, 0.3) is 0 Å². The molecule has 0 aliphatic carbocycles. The van der Waals surface area contributed by atoms with Crippen LogP contribution in [-0.2, 0) is 11.2 Å². The summed E-state index contributed by atoms with van der Waals surface area (Å²) in [5.41, 5.74) is 0.522. The number of urea groups is 1. The second-order valence-electron chi connectivity index (χ2n) is 8.29. The van der Waals surface area contributed by atoms with Gasteiger partial charge in [0.15, 0.2) is 0 Å². The monoisotopic (exact) mass is 386 g/mol. The molecule has 28 heavy (non-hydrogen) atoms. The van der Waals surface area contributed by atoms with E-state index in [0.717, 1.165) is 50.9 Å². The molecule has 2 aliphatic rings. The van der Waals surface area contributed by atoms with Gasteiger partial charge in [0.2, 0.25) is 0 Å². The molecule has 0 N–H and O–H groups in total. The van der Waals surface area contributed by atoms with E-state index in [1.807, 2.05) is 30.2 Å². The van der Waals surface area contributed by atoms with Crippen molar-refractivity contribution < 1.29 is 9.59 Å². The van der Waals surface area contributed by atoms with Crippen LogP contribution < -0.4 is 0 Å². The number of likely N-dealkylation sites (N-methyl/N-ethyl adjacent to an activating group) is 1. The third-order valence-corrected chi connectivity index (χ3v) is 6.46. The fourth-order valence-electron chi connectivity index (χ4n) is 4.56. The first-order valence-corrected chi connectivity index (χ1v) is 10.8. The van der Waals surface area contributed by atoms with E-state index < -0.39 is 5.54 Å². The number of pyridine rings is 1. The zero-order valence-corrected chi connectivity index (χ0v) is 17.6.